The van der Waals surface area contributed by atoms with Crippen LogP contribution in [-0.2, 0) is 10.2 Å². The third-order valence-electron chi connectivity index (χ3n) is 6.89. The fourth-order valence-corrected chi connectivity index (χ4v) is 5.19. The molecule has 4 nitrogen and oxygen atoms in total. The number of benzene rings is 2. The maximum absolute atomic E-state index is 12.9. The molecular formula is C29H39N2O2S2+. The summed E-state index contributed by atoms with van der Waals surface area (Å²) in [7, 11) is 2.09. The van der Waals surface area contributed by atoms with Crippen molar-refractivity contribution in [3.63, 3.8) is 0 Å². The van der Waals surface area contributed by atoms with Crippen LogP contribution in [0.25, 0.3) is 6.08 Å². The van der Waals surface area contributed by atoms with E-state index in [0.717, 1.165) is 48.5 Å². The molecule has 35 heavy (non-hydrogen) atoms. The molecule has 1 heterocycles. The van der Waals surface area contributed by atoms with Gasteiger partial charge in [0, 0.05) is 42.2 Å². The van der Waals surface area contributed by atoms with Crippen molar-refractivity contribution in [1.29, 1.82) is 0 Å². The predicted molar refractivity (Wildman–Crippen MR) is 155 cm³/mol. The van der Waals surface area contributed by atoms with E-state index < -0.39 is 0 Å². The van der Waals surface area contributed by atoms with E-state index in [1.807, 2.05) is 18.2 Å². The van der Waals surface area contributed by atoms with Crippen LogP contribution < -0.4 is 4.90 Å². The van der Waals surface area contributed by atoms with Crippen LogP contribution in [0.3, 0.4) is 0 Å². The summed E-state index contributed by atoms with van der Waals surface area (Å²) < 4.78 is 7.95. The number of hydrogen-bond donors (Lipinski definition) is 2. The van der Waals surface area contributed by atoms with E-state index in [1.165, 1.54) is 11.4 Å². The Morgan fingerprint density at radius 1 is 1.09 bits per heavy atom. The van der Waals surface area contributed by atoms with Crippen LogP contribution in [0.4, 0.5) is 11.4 Å². The molecule has 1 aliphatic rings. The van der Waals surface area contributed by atoms with Crippen LogP contribution in [-0.4, -0.2) is 54.0 Å². The monoisotopic (exact) mass is 511 g/mol. The number of ether oxygens (including phenoxy) is 1. The van der Waals surface area contributed by atoms with Gasteiger partial charge in [-0.15, -0.1) is 0 Å². The normalized spacial score (nSPS) is 15.4. The SMILES string of the molecule is CCN(CC)c1ccc(/C=C/C2=[N+](C)c3ccc(C(=O)OC(CS)CCCS)cc3C2(C)C)cc1. The highest BCUT2D eigenvalue weighted by Gasteiger charge is 2.43. The van der Waals surface area contributed by atoms with Crippen molar-refractivity contribution in [1.82, 2.24) is 0 Å². The number of thiol groups is 2. The first kappa shape index (κ1) is 27.4. The molecule has 0 amide bonds. The lowest BCUT2D eigenvalue weighted by Gasteiger charge is -2.20. The predicted octanol–water partition coefficient (Wildman–Crippen LogP) is 6.42. The Morgan fingerprint density at radius 3 is 2.37 bits per heavy atom. The van der Waals surface area contributed by atoms with Gasteiger partial charge in [0.25, 0.3) is 0 Å². The van der Waals surface area contributed by atoms with Gasteiger partial charge in [0.05, 0.1) is 11.0 Å². The highest BCUT2D eigenvalue weighted by molar-refractivity contribution is 7.80. The average Bonchev–Trinajstić information content (AvgIpc) is 3.06. The number of anilines is 1. The van der Waals surface area contributed by atoms with Crippen molar-refractivity contribution in [3.05, 3.63) is 65.2 Å². The quantitative estimate of drug-likeness (QED) is 0.208. The van der Waals surface area contributed by atoms with Gasteiger partial charge in [-0.25, -0.2) is 4.79 Å². The summed E-state index contributed by atoms with van der Waals surface area (Å²) in [6.07, 6.45) is 5.83. The third kappa shape index (κ3) is 6.15. The molecule has 0 fully saturated rings. The smallest absolute Gasteiger partial charge is 0.338 e. The molecule has 1 unspecified atom stereocenters. The molecule has 188 valence electrons. The van der Waals surface area contributed by atoms with E-state index in [2.05, 4.69) is 106 Å². The van der Waals surface area contributed by atoms with Gasteiger partial charge in [-0.2, -0.15) is 29.8 Å². The Hall–Kier alpha value is -2.18. The van der Waals surface area contributed by atoms with E-state index in [0.29, 0.717) is 11.3 Å². The summed E-state index contributed by atoms with van der Waals surface area (Å²) in [6.45, 7) is 10.8. The van der Waals surface area contributed by atoms with Gasteiger partial charge in [0.1, 0.15) is 13.2 Å². The molecular weight excluding hydrogens is 472 g/mol. The molecule has 2 aromatic rings. The molecule has 3 rings (SSSR count). The maximum Gasteiger partial charge on any atom is 0.338 e. The van der Waals surface area contributed by atoms with Crippen molar-refractivity contribution in [2.24, 2.45) is 0 Å². The number of carbonyl (C=O) groups excluding carboxylic acids is 1. The summed E-state index contributed by atoms with van der Waals surface area (Å²) in [5.74, 6) is 0.992. The summed E-state index contributed by atoms with van der Waals surface area (Å²) in [4.78, 5) is 15.2. The van der Waals surface area contributed by atoms with Crippen LogP contribution in [0.5, 0.6) is 0 Å². The summed E-state index contributed by atoms with van der Waals surface area (Å²) >= 11 is 8.60. The molecule has 1 aliphatic heterocycles. The Bertz CT molecular complexity index is 1090. The zero-order valence-electron chi connectivity index (χ0n) is 21.6. The third-order valence-corrected chi connectivity index (χ3v) is 7.61. The first-order valence-electron chi connectivity index (χ1n) is 12.5. The second kappa shape index (κ2) is 12.2. The van der Waals surface area contributed by atoms with Crippen LogP contribution in [0, 0.1) is 0 Å². The lowest BCUT2D eigenvalue weighted by Crippen LogP contribution is -2.27. The van der Waals surface area contributed by atoms with E-state index >= 15 is 0 Å². The Labute approximate surface area is 221 Å². The number of hydrogen-bond acceptors (Lipinski definition) is 5. The summed E-state index contributed by atoms with van der Waals surface area (Å²) in [5, 5.41) is 0. The first-order chi connectivity index (χ1) is 16.8. The van der Waals surface area contributed by atoms with Gasteiger partial charge in [-0.05, 0) is 82.2 Å². The van der Waals surface area contributed by atoms with Gasteiger partial charge in [-0.1, -0.05) is 12.1 Å². The van der Waals surface area contributed by atoms with Gasteiger partial charge in [0.15, 0.2) is 5.71 Å². The van der Waals surface area contributed by atoms with Crippen molar-refractivity contribution < 1.29 is 14.1 Å². The van der Waals surface area contributed by atoms with E-state index in [4.69, 9.17) is 4.74 Å². The number of esters is 1. The Kier molecular flexibility index (Phi) is 9.54. The number of nitrogens with zero attached hydrogens (tertiary/aromatic N) is 2. The minimum absolute atomic E-state index is 0.194. The lowest BCUT2D eigenvalue weighted by molar-refractivity contribution is -0.401. The number of allylic oxidation sites excluding steroid dienone is 1. The van der Waals surface area contributed by atoms with Gasteiger partial charge in [-0.3, -0.25) is 0 Å². The van der Waals surface area contributed by atoms with Crippen LogP contribution in [0.15, 0.2) is 48.5 Å². The zero-order valence-corrected chi connectivity index (χ0v) is 23.4. The van der Waals surface area contributed by atoms with Crippen molar-refractivity contribution >= 4 is 54.4 Å². The second-order valence-electron chi connectivity index (χ2n) is 9.47. The standard InChI is InChI=1S/C29H38N2O2S2/c1-6-31(7-2)23-14-10-21(11-15-23)12-17-27-29(3,4)25-19-22(13-16-26(25)30(27)5)28(32)33-24(20-35)9-8-18-34/h10-17,19,24H,6-9,18,20H2,1-5H3,(H-,34,35)/p+1. The van der Waals surface area contributed by atoms with Crippen molar-refractivity contribution in [3.8, 4) is 0 Å². The highest BCUT2D eigenvalue weighted by atomic mass is 32.1. The molecule has 1 atom stereocenters. The molecule has 0 spiro atoms. The Balaban J connectivity index is 1.80. The summed E-state index contributed by atoms with van der Waals surface area (Å²) in [5.41, 5.74) is 6.18. The minimum atomic E-state index is -0.290. The number of rotatable bonds is 11. The fraction of sp³-hybridized carbons (Fsp3) is 0.448. The minimum Gasteiger partial charge on any atom is -0.458 e. The molecule has 0 radical (unpaired) electrons. The van der Waals surface area contributed by atoms with Crippen LogP contribution >= 0.6 is 25.3 Å². The molecule has 0 aromatic heterocycles. The first-order valence-corrected chi connectivity index (χ1v) is 13.7. The van der Waals surface area contributed by atoms with Crippen molar-refractivity contribution in [2.45, 2.75) is 52.1 Å². The molecule has 0 saturated heterocycles. The van der Waals surface area contributed by atoms with Crippen LogP contribution in [0.1, 0.15) is 62.0 Å². The number of carbonyl (C=O) groups is 1. The second-order valence-corrected chi connectivity index (χ2v) is 10.3. The highest BCUT2D eigenvalue weighted by Crippen LogP contribution is 2.40. The van der Waals surface area contributed by atoms with Gasteiger partial charge in [0.2, 0.25) is 5.69 Å². The lowest BCUT2D eigenvalue weighted by atomic mass is 9.80. The van der Waals surface area contributed by atoms with Gasteiger partial charge < -0.3 is 9.64 Å². The Morgan fingerprint density at radius 2 is 1.77 bits per heavy atom. The molecule has 0 aliphatic carbocycles. The maximum atomic E-state index is 12.9. The molecule has 6 heteroatoms. The summed E-state index contributed by atoms with van der Waals surface area (Å²) in [6, 6.07) is 14.6. The van der Waals surface area contributed by atoms with Crippen molar-refractivity contribution in [2.75, 3.05) is 36.5 Å². The molecule has 0 saturated carbocycles. The molecule has 0 bridgehead atoms. The zero-order chi connectivity index (χ0) is 25.6. The topological polar surface area (TPSA) is 32.5 Å². The number of fused-ring (bicyclic) bond motifs is 1. The van der Waals surface area contributed by atoms with E-state index in [1.54, 1.807) is 0 Å². The van der Waals surface area contributed by atoms with E-state index in [-0.39, 0.29) is 17.5 Å². The van der Waals surface area contributed by atoms with Crippen LogP contribution in [0.2, 0.25) is 0 Å². The van der Waals surface area contributed by atoms with Gasteiger partial charge >= 0.3 is 5.97 Å². The molecule has 2 aromatic carbocycles. The molecule has 0 N–H and O–H groups in total. The van der Waals surface area contributed by atoms with E-state index in [9.17, 15) is 4.79 Å². The average molecular weight is 512 g/mol. The largest absolute Gasteiger partial charge is 0.458 e. The fourth-order valence-electron chi connectivity index (χ4n) is 4.75.